The Labute approximate surface area is 132 Å². The lowest BCUT2D eigenvalue weighted by atomic mass is 10.1. The SMILES string of the molecule is C=CCOCc1cc(F)ccc1-c1nc2ccccc2c(=O)[nH]1. The Morgan fingerprint density at radius 2 is 2.09 bits per heavy atom. The summed E-state index contributed by atoms with van der Waals surface area (Å²) in [5.41, 5.74) is 1.62. The van der Waals surface area contributed by atoms with E-state index in [-0.39, 0.29) is 18.0 Å². The standard InChI is InChI=1S/C18H15FN2O2/c1-2-9-23-11-12-10-13(19)7-8-14(12)17-20-16-6-4-3-5-15(16)18(22)21-17/h2-8,10H,1,9,11H2,(H,20,21,22). The maximum absolute atomic E-state index is 13.5. The highest BCUT2D eigenvalue weighted by Crippen LogP contribution is 2.23. The third-order valence-corrected chi connectivity index (χ3v) is 3.43. The van der Waals surface area contributed by atoms with Gasteiger partial charge in [0.2, 0.25) is 0 Å². The molecule has 4 nitrogen and oxygen atoms in total. The molecule has 5 heteroatoms. The molecule has 0 atom stereocenters. The molecule has 116 valence electrons. The van der Waals surface area contributed by atoms with Crippen molar-refractivity contribution in [2.24, 2.45) is 0 Å². The van der Waals surface area contributed by atoms with Crippen LogP contribution >= 0.6 is 0 Å². The van der Waals surface area contributed by atoms with Crippen molar-refractivity contribution in [3.8, 4) is 11.4 Å². The average Bonchev–Trinajstić information content (AvgIpc) is 2.55. The normalized spacial score (nSPS) is 10.8. The smallest absolute Gasteiger partial charge is 0.259 e. The van der Waals surface area contributed by atoms with Gasteiger partial charge in [0.25, 0.3) is 5.56 Å². The predicted molar refractivity (Wildman–Crippen MR) is 87.6 cm³/mol. The fraction of sp³-hybridized carbons (Fsp3) is 0.111. The van der Waals surface area contributed by atoms with E-state index in [1.165, 1.54) is 12.1 Å². The van der Waals surface area contributed by atoms with Crippen LogP contribution in [0.5, 0.6) is 0 Å². The number of nitrogens with one attached hydrogen (secondary N) is 1. The van der Waals surface area contributed by atoms with E-state index in [2.05, 4.69) is 16.5 Å². The third kappa shape index (κ3) is 3.19. The zero-order valence-corrected chi connectivity index (χ0v) is 12.4. The molecule has 3 rings (SSSR count). The van der Waals surface area contributed by atoms with Crippen LogP contribution in [0.2, 0.25) is 0 Å². The van der Waals surface area contributed by atoms with Crippen LogP contribution in [0, 0.1) is 5.82 Å². The first-order chi connectivity index (χ1) is 11.2. The molecule has 0 saturated heterocycles. The topological polar surface area (TPSA) is 55.0 Å². The van der Waals surface area contributed by atoms with Crippen LogP contribution in [0.1, 0.15) is 5.56 Å². The molecule has 23 heavy (non-hydrogen) atoms. The minimum Gasteiger partial charge on any atom is -0.373 e. The van der Waals surface area contributed by atoms with Crippen molar-refractivity contribution in [2.75, 3.05) is 6.61 Å². The summed E-state index contributed by atoms with van der Waals surface area (Å²) >= 11 is 0. The van der Waals surface area contributed by atoms with Crippen LogP contribution in [0.15, 0.2) is 59.9 Å². The highest BCUT2D eigenvalue weighted by Gasteiger charge is 2.11. The zero-order chi connectivity index (χ0) is 16.2. The van der Waals surface area contributed by atoms with Gasteiger partial charge in [-0.05, 0) is 35.9 Å². The molecule has 0 radical (unpaired) electrons. The number of nitrogens with zero attached hydrogens (tertiary/aromatic N) is 1. The first-order valence-corrected chi connectivity index (χ1v) is 7.15. The van der Waals surface area contributed by atoms with E-state index in [0.717, 1.165) is 0 Å². The predicted octanol–water partition coefficient (Wildman–Crippen LogP) is 3.43. The third-order valence-electron chi connectivity index (χ3n) is 3.43. The van der Waals surface area contributed by atoms with Gasteiger partial charge in [-0.3, -0.25) is 4.79 Å². The van der Waals surface area contributed by atoms with E-state index >= 15 is 0 Å². The van der Waals surface area contributed by atoms with Gasteiger partial charge < -0.3 is 9.72 Å². The number of ether oxygens (including phenoxy) is 1. The quantitative estimate of drug-likeness (QED) is 0.580. The molecule has 0 fully saturated rings. The Bertz CT molecular complexity index is 918. The number of fused-ring (bicyclic) bond motifs is 1. The van der Waals surface area contributed by atoms with Crippen LogP contribution < -0.4 is 5.56 Å². The minimum atomic E-state index is -0.367. The van der Waals surface area contributed by atoms with Crippen molar-refractivity contribution in [3.63, 3.8) is 0 Å². The number of aromatic nitrogens is 2. The lowest BCUT2D eigenvalue weighted by molar-refractivity contribution is 0.149. The molecule has 0 saturated carbocycles. The van der Waals surface area contributed by atoms with Crippen LogP contribution in [0.3, 0.4) is 0 Å². The van der Waals surface area contributed by atoms with Gasteiger partial charge in [-0.15, -0.1) is 6.58 Å². The van der Waals surface area contributed by atoms with Gasteiger partial charge in [-0.2, -0.15) is 0 Å². The molecule has 1 aromatic heterocycles. The van der Waals surface area contributed by atoms with Crippen molar-refractivity contribution in [2.45, 2.75) is 6.61 Å². The summed E-state index contributed by atoms with van der Waals surface area (Å²) in [6.07, 6.45) is 1.62. The zero-order valence-electron chi connectivity index (χ0n) is 12.4. The summed E-state index contributed by atoms with van der Waals surface area (Å²) < 4.78 is 18.9. The summed E-state index contributed by atoms with van der Waals surface area (Å²) in [6, 6.07) is 11.4. The molecule has 0 bridgehead atoms. The molecular weight excluding hydrogens is 295 g/mol. The fourth-order valence-corrected chi connectivity index (χ4v) is 2.38. The number of para-hydroxylation sites is 1. The van der Waals surface area contributed by atoms with Crippen LogP contribution in [0.4, 0.5) is 4.39 Å². The van der Waals surface area contributed by atoms with E-state index in [1.54, 1.807) is 30.3 Å². The Hall–Kier alpha value is -2.79. The second-order valence-corrected chi connectivity index (χ2v) is 5.04. The highest BCUT2D eigenvalue weighted by molar-refractivity contribution is 5.79. The molecule has 0 spiro atoms. The average molecular weight is 310 g/mol. The van der Waals surface area contributed by atoms with Gasteiger partial charge in [-0.25, -0.2) is 9.37 Å². The van der Waals surface area contributed by atoms with E-state index in [9.17, 15) is 9.18 Å². The molecule has 1 N–H and O–H groups in total. The minimum absolute atomic E-state index is 0.204. The molecular formula is C18H15FN2O2. The molecule has 0 aliphatic carbocycles. The number of H-pyrrole nitrogens is 1. The summed E-state index contributed by atoms with van der Waals surface area (Å²) in [6.45, 7) is 4.14. The van der Waals surface area contributed by atoms with E-state index < -0.39 is 0 Å². The number of rotatable bonds is 5. The Morgan fingerprint density at radius 1 is 1.26 bits per heavy atom. The first-order valence-electron chi connectivity index (χ1n) is 7.15. The molecule has 1 heterocycles. The lowest BCUT2D eigenvalue weighted by Gasteiger charge is -2.10. The number of aromatic amines is 1. The van der Waals surface area contributed by atoms with Crippen molar-refractivity contribution < 1.29 is 9.13 Å². The Morgan fingerprint density at radius 3 is 2.91 bits per heavy atom. The summed E-state index contributed by atoms with van der Waals surface area (Å²) in [4.78, 5) is 19.4. The molecule has 3 aromatic rings. The molecule has 0 aliphatic rings. The lowest BCUT2D eigenvalue weighted by Crippen LogP contribution is -2.10. The number of halogens is 1. The van der Waals surface area contributed by atoms with Gasteiger partial charge in [0, 0.05) is 5.56 Å². The number of hydrogen-bond donors (Lipinski definition) is 1. The maximum Gasteiger partial charge on any atom is 0.259 e. The van der Waals surface area contributed by atoms with E-state index in [4.69, 9.17) is 4.74 Å². The second kappa shape index (κ2) is 6.54. The molecule has 0 amide bonds. The molecule has 2 aromatic carbocycles. The Balaban J connectivity index is 2.10. The van der Waals surface area contributed by atoms with Gasteiger partial charge in [0.15, 0.2) is 0 Å². The highest BCUT2D eigenvalue weighted by atomic mass is 19.1. The summed E-state index contributed by atoms with van der Waals surface area (Å²) in [7, 11) is 0. The van der Waals surface area contributed by atoms with Crippen molar-refractivity contribution >= 4 is 10.9 Å². The molecule has 0 aliphatic heterocycles. The van der Waals surface area contributed by atoms with E-state index in [0.29, 0.717) is 34.5 Å². The van der Waals surface area contributed by atoms with E-state index in [1.807, 2.05) is 6.07 Å². The summed E-state index contributed by atoms with van der Waals surface area (Å²) in [5, 5.41) is 0.516. The monoisotopic (exact) mass is 310 g/mol. The van der Waals surface area contributed by atoms with Gasteiger partial charge >= 0.3 is 0 Å². The van der Waals surface area contributed by atoms with Gasteiger partial charge in [0.05, 0.1) is 24.1 Å². The number of hydrogen-bond acceptors (Lipinski definition) is 3. The maximum atomic E-state index is 13.5. The van der Waals surface area contributed by atoms with Crippen LogP contribution in [-0.2, 0) is 11.3 Å². The fourth-order valence-electron chi connectivity index (χ4n) is 2.38. The first kappa shape index (κ1) is 15.1. The van der Waals surface area contributed by atoms with Crippen molar-refractivity contribution in [3.05, 3.63) is 76.9 Å². The summed E-state index contributed by atoms with van der Waals surface area (Å²) in [5.74, 6) is 0.0278. The van der Waals surface area contributed by atoms with Crippen LogP contribution in [0.25, 0.3) is 22.3 Å². The van der Waals surface area contributed by atoms with Crippen molar-refractivity contribution in [1.82, 2.24) is 9.97 Å². The number of benzene rings is 2. The largest absolute Gasteiger partial charge is 0.373 e. The second-order valence-electron chi connectivity index (χ2n) is 5.04. The van der Waals surface area contributed by atoms with Crippen LogP contribution in [-0.4, -0.2) is 16.6 Å². The van der Waals surface area contributed by atoms with Gasteiger partial charge in [0.1, 0.15) is 11.6 Å². The van der Waals surface area contributed by atoms with Crippen molar-refractivity contribution in [1.29, 1.82) is 0 Å². The Kier molecular flexibility index (Phi) is 4.30. The van der Waals surface area contributed by atoms with Gasteiger partial charge in [-0.1, -0.05) is 18.2 Å². The molecule has 0 unspecified atom stereocenters.